The molecule has 0 unspecified atom stereocenters. The second kappa shape index (κ2) is 14.7. The van der Waals surface area contributed by atoms with Crippen LogP contribution in [0.2, 0.25) is 0 Å². The molecule has 1 aromatic rings. The summed E-state index contributed by atoms with van der Waals surface area (Å²) in [5, 5.41) is 14.2. The number of rotatable bonds is 7. The van der Waals surface area contributed by atoms with Crippen LogP contribution >= 0.6 is 11.3 Å². The van der Waals surface area contributed by atoms with Gasteiger partial charge in [0, 0.05) is 31.8 Å². The van der Waals surface area contributed by atoms with Gasteiger partial charge in [-0.2, -0.15) is 0 Å². The third kappa shape index (κ3) is 13.6. The van der Waals surface area contributed by atoms with Crippen LogP contribution in [0.15, 0.2) is 36.0 Å². The highest BCUT2D eigenvalue weighted by molar-refractivity contribution is 7.11. The van der Waals surface area contributed by atoms with Gasteiger partial charge in [0.1, 0.15) is 10.0 Å². The van der Waals surface area contributed by atoms with Crippen LogP contribution in [0.1, 0.15) is 78.7 Å². The highest BCUT2D eigenvalue weighted by atomic mass is 32.1. The fraction of sp³-hybridized carbons (Fsp3) is 0.680. The van der Waals surface area contributed by atoms with Gasteiger partial charge in [-0.3, -0.25) is 0 Å². The van der Waals surface area contributed by atoms with Crippen molar-refractivity contribution in [3.05, 3.63) is 46.0 Å². The summed E-state index contributed by atoms with van der Waals surface area (Å²) in [6.45, 7) is 25.6. The zero-order valence-electron chi connectivity index (χ0n) is 20.4. The second-order valence-electron chi connectivity index (χ2n) is 8.98. The Kier molecular flexibility index (Phi) is 14.0. The molecule has 1 aliphatic rings. The first-order valence-corrected chi connectivity index (χ1v) is 11.9. The lowest BCUT2D eigenvalue weighted by atomic mass is 9.92. The predicted octanol–water partition coefficient (Wildman–Crippen LogP) is 7.03. The summed E-state index contributed by atoms with van der Waals surface area (Å²) < 4.78 is 0. The van der Waals surface area contributed by atoms with Gasteiger partial charge in [0.2, 0.25) is 0 Å². The number of aromatic nitrogens is 2. The van der Waals surface area contributed by atoms with Crippen molar-refractivity contribution in [2.24, 2.45) is 17.3 Å². The molecule has 2 heterocycles. The molecule has 0 amide bonds. The maximum absolute atomic E-state index is 4.29. The van der Waals surface area contributed by atoms with Gasteiger partial charge in [0.25, 0.3) is 0 Å². The van der Waals surface area contributed by atoms with Crippen LogP contribution in [-0.4, -0.2) is 23.3 Å². The largest absolute Gasteiger partial charge is 0.315 e. The van der Waals surface area contributed by atoms with E-state index in [1.165, 1.54) is 11.1 Å². The zero-order valence-corrected chi connectivity index (χ0v) is 21.2. The summed E-state index contributed by atoms with van der Waals surface area (Å²) in [6.07, 6.45) is 9.53. The van der Waals surface area contributed by atoms with Gasteiger partial charge in [-0.15, -0.1) is 21.5 Å². The second-order valence-corrected chi connectivity index (χ2v) is 10.1. The fourth-order valence-electron chi connectivity index (χ4n) is 2.40. The van der Waals surface area contributed by atoms with Crippen LogP contribution < -0.4 is 5.32 Å². The molecule has 0 spiro atoms. The van der Waals surface area contributed by atoms with E-state index in [1.54, 1.807) is 11.3 Å². The Morgan fingerprint density at radius 1 is 1.21 bits per heavy atom. The molecular weight excluding hydrogens is 374 g/mol. The Morgan fingerprint density at radius 3 is 2.24 bits per heavy atom. The smallest absolute Gasteiger partial charge is 0.117 e. The van der Waals surface area contributed by atoms with E-state index >= 15 is 0 Å². The normalized spacial score (nSPS) is 14.8. The van der Waals surface area contributed by atoms with Crippen molar-refractivity contribution in [3.8, 4) is 0 Å². The van der Waals surface area contributed by atoms with Crippen molar-refractivity contribution < 1.29 is 0 Å². The summed E-state index contributed by atoms with van der Waals surface area (Å²) >= 11 is 1.76. The van der Waals surface area contributed by atoms with Gasteiger partial charge in [-0.05, 0) is 31.6 Å². The molecule has 3 nitrogen and oxygen atoms in total. The van der Waals surface area contributed by atoms with Crippen molar-refractivity contribution >= 4 is 11.3 Å². The van der Waals surface area contributed by atoms with E-state index in [9.17, 15) is 0 Å². The first kappa shape index (κ1) is 27.7. The Balaban J connectivity index is 0.000000606. The van der Waals surface area contributed by atoms with E-state index in [0.29, 0.717) is 11.8 Å². The minimum atomic E-state index is 0.290. The summed E-state index contributed by atoms with van der Waals surface area (Å²) in [5.74, 6) is 1.35. The SMILES string of the molecule is C/C=C(C)\C=C/C(C)C.C=C(CCc1nnc(CC(C)(C)C)s1)C1CNC1.CC. The van der Waals surface area contributed by atoms with Crippen LogP contribution in [0.3, 0.4) is 0 Å². The quantitative estimate of drug-likeness (QED) is 0.381. The molecule has 0 aromatic carbocycles. The maximum Gasteiger partial charge on any atom is 0.117 e. The topological polar surface area (TPSA) is 37.8 Å². The zero-order chi connectivity index (χ0) is 22.4. The van der Waals surface area contributed by atoms with Gasteiger partial charge in [-0.25, -0.2) is 0 Å². The minimum absolute atomic E-state index is 0.290. The summed E-state index contributed by atoms with van der Waals surface area (Å²) in [6, 6.07) is 0. The molecule has 0 bridgehead atoms. The molecule has 1 fully saturated rings. The van der Waals surface area contributed by atoms with E-state index in [2.05, 4.69) is 88.8 Å². The molecule has 0 saturated carbocycles. The van der Waals surface area contributed by atoms with Gasteiger partial charge >= 0.3 is 0 Å². The average Bonchev–Trinajstić information content (AvgIpc) is 3.04. The van der Waals surface area contributed by atoms with Crippen LogP contribution in [0.5, 0.6) is 0 Å². The van der Waals surface area contributed by atoms with E-state index < -0.39 is 0 Å². The molecule has 1 N–H and O–H groups in total. The van der Waals surface area contributed by atoms with Crippen LogP contribution in [-0.2, 0) is 12.8 Å². The first-order valence-electron chi connectivity index (χ1n) is 11.1. The predicted molar refractivity (Wildman–Crippen MR) is 132 cm³/mol. The maximum atomic E-state index is 4.29. The molecule has 0 aliphatic carbocycles. The fourth-order valence-corrected chi connectivity index (χ4v) is 3.55. The molecule has 1 saturated heterocycles. The van der Waals surface area contributed by atoms with Crippen LogP contribution in [0, 0.1) is 17.3 Å². The monoisotopic (exact) mass is 419 g/mol. The summed E-state index contributed by atoms with van der Waals surface area (Å²) in [5.41, 5.74) is 2.99. The number of nitrogens with one attached hydrogen (secondary N) is 1. The van der Waals surface area contributed by atoms with Crippen LogP contribution in [0.25, 0.3) is 0 Å². The number of allylic oxidation sites excluding steroid dienone is 4. The van der Waals surface area contributed by atoms with Gasteiger partial charge < -0.3 is 5.32 Å². The summed E-state index contributed by atoms with van der Waals surface area (Å²) in [7, 11) is 0. The molecule has 1 aliphatic heterocycles. The van der Waals surface area contributed by atoms with E-state index in [0.717, 1.165) is 42.4 Å². The highest BCUT2D eigenvalue weighted by Crippen LogP contribution is 2.25. The molecule has 4 heteroatoms. The molecule has 166 valence electrons. The summed E-state index contributed by atoms with van der Waals surface area (Å²) in [4.78, 5) is 0. The van der Waals surface area contributed by atoms with Crippen LogP contribution in [0.4, 0.5) is 0 Å². The average molecular weight is 420 g/mol. The molecule has 1 aromatic heterocycles. The first-order chi connectivity index (χ1) is 13.6. The van der Waals surface area contributed by atoms with E-state index in [-0.39, 0.29) is 5.41 Å². The molecule has 29 heavy (non-hydrogen) atoms. The molecule has 0 radical (unpaired) electrons. The number of aryl methyl sites for hydroxylation is 1. The van der Waals surface area contributed by atoms with Crippen molar-refractivity contribution in [3.63, 3.8) is 0 Å². The Hall–Kier alpha value is -1.26. The third-order valence-electron chi connectivity index (χ3n) is 4.41. The lowest BCUT2D eigenvalue weighted by Crippen LogP contribution is -2.42. The number of nitrogens with zero attached hydrogens (tertiary/aromatic N) is 2. The van der Waals surface area contributed by atoms with E-state index in [1.807, 2.05) is 13.8 Å². The third-order valence-corrected chi connectivity index (χ3v) is 5.39. The molecular formula is C25H45N3S. The van der Waals surface area contributed by atoms with Gasteiger partial charge in [0.05, 0.1) is 0 Å². The lowest BCUT2D eigenvalue weighted by Gasteiger charge is -2.28. The lowest BCUT2D eigenvalue weighted by molar-refractivity contribution is 0.391. The Bertz CT molecular complexity index is 629. The molecule has 2 rings (SSSR count). The van der Waals surface area contributed by atoms with Crippen molar-refractivity contribution in [2.75, 3.05) is 13.1 Å². The van der Waals surface area contributed by atoms with Crippen molar-refractivity contribution in [1.82, 2.24) is 15.5 Å². The molecule has 0 atom stereocenters. The van der Waals surface area contributed by atoms with Crippen molar-refractivity contribution in [1.29, 1.82) is 0 Å². The Labute approximate surface area is 184 Å². The van der Waals surface area contributed by atoms with E-state index in [4.69, 9.17) is 0 Å². The minimum Gasteiger partial charge on any atom is -0.315 e. The van der Waals surface area contributed by atoms with Crippen molar-refractivity contribution in [2.45, 2.75) is 81.6 Å². The number of hydrogen-bond donors (Lipinski definition) is 1. The van der Waals surface area contributed by atoms with Gasteiger partial charge in [-0.1, -0.05) is 84.4 Å². The number of hydrogen-bond acceptors (Lipinski definition) is 4. The highest BCUT2D eigenvalue weighted by Gasteiger charge is 2.20. The standard InChI is InChI=1S/C14H23N3S.C9H16.C2H6/c1-10(11-8-15-9-11)5-6-12-16-17-13(18-12)7-14(2,3)4;1-5-9(4)7-6-8(2)3;1-2/h11,15H,1,5-9H2,2-4H3;5-8H,1-4H3;1-2H3/b;7-6-,9-5-;. The van der Waals surface area contributed by atoms with Gasteiger partial charge in [0.15, 0.2) is 0 Å². The Morgan fingerprint density at radius 2 is 1.79 bits per heavy atom.